The molecule has 1 N–H and O–H groups in total. The van der Waals surface area contributed by atoms with E-state index in [1.807, 2.05) is 36.1 Å². The lowest BCUT2D eigenvalue weighted by molar-refractivity contribution is 0.712. The predicted molar refractivity (Wildman–Crippen MR) is 86.4 cm³/mol. The second kappa shape index (κ2) is 5.56. The van der Waals surface area contributed by atoms with E-state index in [0.717, 1.165) is 28.8 Å². The van der Waals surface area contributed by atoms with Gasteiger partial charge in [-0.05, 0) is 30.2 Å². The predicted octanol–water partition coefficient (Wildman–Crippen LogP) is 3.70. The number of nitrogens with zero attached hydrogens (tertiary/aromatic N) is 3. The molecule has 0 saturated carbocycles. The van der Waals surface area contributed by atoms with E-state index in [4.69, 9.17) is 0 Å². The molecule has 0 spiro atoms. The zero-order valence-corrected chi connectivity index (χ0v) is 12.7. The quantitative estimate of drug-likeness (QED) is 0.792. The van der Waals surface area contributed by atoms with Crippen molar-refractivity contribution in [1.29, 1.82) is 0 Å². The monoisotopic (exact) mass is 280 g/mol. The molecule has 108 valence electrons. The smallest absolute Gasteiger partial charge is 0.0722 e. The molecule has 0 bridgehead atoms. The Kier molecular flexibility index (Phi) is 3.60. The van der Waals surface area contributed by atoms with Crippen LogP contribution < -0.4 is 5.32 Å². The second-order valence-electron chi connectivity index (χ2n) is 5.60. The van der Waals surface area contributed by atoms with E-state index < -0.39 is 0 Å². The molecule has 0 aliphatic rings. The van der Waals surface area contributed by atoms with Gasteiger partial charge in [0.2, 0.25) is 0 Å². The molecule has 21 heavy (non-hydrogen) atoms. The normalized spacial score (nSPS) is 11.2. The average molecular weight is 280 g/mol. The first-order valence-electron chi connectivity index (χ1n) is 7.25. The SMILES string of the molecule is CC(C)c1nn(C)cc1CNc1cccc2ncccc12. The van der Waals surface area contributed by atoms with Crippen LogP contribution in [-0.4, -0.2) is 14.8 Å². The first kappa shape index (κ1) is 13.6. The van der Waals surface area contributed by atoms with Crippen molar-refractivity contribution in [2.45, 2.75) is 26.3 Å². The van der Waals surface area contributed by atoms with Crippen LogP contribution in [0.25, 0.3) is 10.9 Å². The molecule has 0 radical (unpaired) electrons. The maximum atomic E-state index is 4.55. The van der Waals surface area contributed by atoms with Gasteiger partial charge in [0, 0.05) is 42.6 Å². The molecule has 2 aromatic heterocycles. The summed E-state index contributed by atoms with van der Waals surface area (Å²) >= 11 is 0. The summed E-state index contributed by atoms with van der Waals surface area (Å²) in [5, 5.41) is 9.22. The largest absolute Gasteiger partial charge is 0.380 e. The van der Waals surface area contributed by atoms with E-state index in [1.165, 1.54) is 5.56 Å². The van der Waals surface area contributed by atoms with Gasteiger partial charge in [-0.25, -0.2) is 0 Å². The minimum absolute atomic E-state index is 0.428. The number of aryl methyl sites for hydroxylation is 1. The molecule has 0 aliphatic carbocycles. The maximum absolute atomic E-state index is 4.55. The van der Waals surface area contributed by atoms with Crippen LogP contribution in [-0.2, 0) is 13.6 Å². The van der Waals surface area contributed by atoms with Crippen molar-refractivity contribution >= 4 is 16.6 Å². The van der Waals surface area contributed by atoms with Crippen LogP contribution >= 0.6 is 0 Å². The molecule has 4 heteroatoms. The number of hydrogen-bond donors (Lipinski definition) is 1. The Morgan fingerprint density at radius 3 is 2.86 bits per heavy atom. The summed E-state index contributed by atoms with van der Waals surface area (Å²) in [6.45, 7) is 5.12. The lowest BCUT2D eigenvalue weighted by atomic mass is 10.1. The number of rotatable bonds is 4. The summed E-state index contributed by atoms with van der Waals surface area (Å²) in [6, 6.07) is 10.2. The van der Waals surface area contributed by atoms with Crippen molar-refractivity contribution in [2.75, 3.05) is 5.32 Å². The highest BCUT2D eigenvalue weighted by molar-refractivity contribution is 5.91. The summed E-state index contributed by atoms with van der Waals surface area (Å²) in [6.07, 6.45) is 3.91. The fraction of sp³-hybridized carbons (Fsp3) is 0.294. The molecule has 2 heterocycles. The Labute approximate surface area is 124 Å². The number of fused-ring (bicyclic) bond motifs is 1. The van der Waals surface area contributed by atoms with Crippen molar-refractivity contribution in [3.63, 3.8) is 0 Å². The standard InChI is InChI=1S/C17H20N4/c1-12(2)17-13(11-21(3)20-17)10-19-16-8-4-7-15-14(16)6-5-9-18-15/h4-9,11-12,19H,10H2,1-3H3. The summed E-state index contributed by atoms with van der Waals surface area (Å²) in [7, 11) is 1.97. The fourth-order valence-corrected chi connectivity index (χ4v) is 2.63. The van der Waals surface area contributed by atoms with Crippen molar-refractivity contribution in [3.8, 4) is 0 Å². The molecule has 0 atom stereocenters. The second-order valence-corrected chi connectivity index (χ2v) is 5.60. The van der Waals surface area contributed by atoms with Crippen LogP contribution in [0.4, 0.5) is 5.69 Å². The van der Waals surface area contributed by atoms with Crippen LogP contribution in [0.5, 0.6) is 0 Å². The molecule has 0 unspecified atom stereocenters. The van der Waals surface area contributed by atoms with Gasteiger partial charge in [-0.3, -0.25) is 9.67 Å². The van der Waals surface area contributed by atoms with Gasteiger partial charge in [0.15, 0.2) is 0 Å². The molecule has 4 nitrogen and oxygen atoms in total. The first-order chi connectivity index (χ1) is 10.1. The van der Waals surface area contributed by atoms with Crippen molar-refractivity contribution in [2.24, 2.45) is 7.05 Å². The molecule has 0 fully saturated rings. The van der Waals surface area contributed by atoms with E-state index in [-0.39, 0.29) is 0 Å². The molecule has 3 aromatic rings. The third kappa shape index (κ3) is 2.75. The number of pyridine rings is 1. The fourth-order valence-electron chi connectivity index (χ4n) is 2.63. The molecule has 1 aromatic carbocycles. The summed E-state index contributed by atoms with van der Waals surface area (Å²) in [4.78, 5) is 4.39. The Hall–Kier alpha value is -2.36. The van der Waals surface area contributed by atoms with E-state index in [1.54, 1.807) is 0 Å². The lowest BCUT2D eigenvalue weighted by Crippen LogP contribution is -2.03. The topological polar surface area (TPSA) is 42.7 Å². The number of nitrogens with one attached hydrogen (secondary N) is 1. The number of hydrogen-bond acceptors (Lipinski definition) is 3. The third-order valence-electron chi connectivity index (χ3n) is 3.60. The molecule has 3 rings (SSSR count). The number of aromatic nitrogens is 3. The Bertz CT molecular complexity index is 753. The van der Waals surface area contributed by atoms with Crippen LogP contribution in [0.2, 0.25) is 0 Å². The zero-order chi connectivity index (χ0) is 14.8. The Morgan fingerprint density at radius 1 is 1.19 bits per heavy atom. The lowest BCUT2D eigenvalue weighted by Gasteiger charge is -2.10. The Morgan fingerprint density at radius 2 is 2.05 bits per heavy atom. The van der Waals surface area contributed by atoms with Crippen molar-refractivity contribution < 1.29 is 0 Å². The molecule has 0 amide bonds. The number of benzene rings is 1. The van der Waals surface area contributed by atoms with E-state index in [9.17, 15) is 0 Å². The van der Waals surface area contributed by atoms with Crippen molar-refractivity contribution in [1.82, 2.24) is 14.8 Å². The summed E-state index contributed by atoms with van der Waals surface area (Å²) in [5.74, 6) is 0.428. The van der Waals surface area contributed by atoms with Gasteiger partial charge in [-0.2, -0.15) is 5.10 Å². The minimum Gasteiger partial charge on any atom is -0.380 e. The first-order valence-corrected chi connectivity index (χ1v) is 7.25. The zero-order valence-electron chi connectivity index (χ0n) is 12.7. The molecular weight excluding hydrogens is 260 g/mol. The van der Waals surface area contributed by atoms with E-state index in [2.05, 4.69) is 47.6 Å². The van der Waals surface area contributed by atoms with Gasteiger partial charge < -0.3 is 5.32 Å². The highest BCUT2D eigenvalue weighted by Gasteiger charge is 2.11. The van der Waals surface area contributed by atoms with Gasteiger partial charge in [0.1, 0.15) is 0 Å². The Balaban J connectivity index is 1.87. The van der Waals surface area contributed by atoms with Crippen LogP contribution in [0.3, 0.4) is 0 Å². The summed E-state index contributed by atoms with van der Waals surface area (Å²) in [5.41, 5.74) is 4.52. The third-order valence-corrected chi connectivity index (χ3v) is 3.60. The van der Waals surface area contributed by atoms with Crippen LogP contribution in [0.1, 0.15) is 31.0 Å². The van der Waals surface area contributed by atoms with Crippen LogP contribution in [0.15, 0.2) is 42.7 Å². The summed E-state index contributed by atoms with van der Waals surface area (Å²) < 4.78 is 1.89. The van der Waals surface area contributed by atoms with E-state index in [0.29, 0.717) is 5.92 Å². The van der Waals surface area contributed by atoms with Crippen molar-refractivity contribution in [3.05, 3.63) is 54.0 Å². The highest BCUT2D eigenvalue weighted by atomic mass is 15.3. The van der Waals surface area contributed by atoms with E-state index >= 15 is 0 Å². The minimum atomic E-state index is 0.428. The van der Waals surface area contributed by atoms with Gasteiger partial charge in [-0.1, -0.05) is 19.9 Å². The van der Waals surface area contributed by atoms with Gasteiger partial charge in [0.05, 0.1) is 11.2 Å². The van der Waals surface area contributed by atoms with Crippen LogP contribution in [0, 0.1) is 0 Å². The van der Waals surface area contributed by atoms with Gasteiger partial charge in [0.25, 0.3) is 0 Å². The highest BCUT2D eigenvalue weighted by Crippen LogP contribution is 2.23. The van der Waals surface area contributed by atoms with Gasteiger partial charge in [-0.15, -0.1) is 0 Å². The number of anilines is 1. The molecule has 0 saturated heterocycles. The molecule has 0 aliphatic heterocycles. The maximum Gasteiger partial charge on any atom is 0.0722 e. The molecular formula is C17H20N4. The van der Waals surface area contributed by atoms with Gasteiger partial charge >= 0.3 is 0 Å². The average Bonchev–Trinajstić information content (AvgIpc) is 2.86.